The van der Waals surface area contributed by atoms with Crippen molar-refractivity contribution in [2.45, 2.75) is 13.0 Å². The number of nitrogens with one attached hydrogen (secondary N) is 3. The highest BCUT2D eigenvalue weighted by molar-refractivity contribution is 5.92. The summed E-state index contributed by atoms with van der Waals surface area (Å²) in [5.41, 5.74) is 2.28. The van der Waals surface area contributed by atoms with Gasteiger partial charge in [-0.3, -0.25) is 4.79 Å². The molecule has 0 spiro atoms. The van der Waals surface area contributed by atoms with Crippen LogP contribution in [0.5, 0.6) is 0 Å². The number of rotatable bonds is 3. The van der Waals surface area contributed by atoms with Crippen LogP contribution in [0.15, 0.2) is 36.8 Å². The molecule has 0 saturated heterocycles. The number of imidazole rings is 2. The largest absolute Gasteiger partial charge is 0.341 e. The Morgan fingerprint density at radius 3 is 2.95 bits per heavy atom. The Kier molecular flexibility index (Phi) is 2.75. The maximum absolute atomic E-state index is 11.9. The van der Waals surface area contributed by atoms with Crippen molar-refractivity contribution in [2.75, 3.05) is 0 Å². The topological polar surface area (TPSA) is 86.5 Å². The molecule has 3 aromatic rings. The van der Waals surface area contributed by atoms with E-state index in [0.717, 1.165) is 16.9 Å². The highest BCUT2D eigenvalue weighted by Crippen LogP contribution is 2.15. The van der Waals surface area contributed by atoms with Crippen LogP contribution in [0.4, 0.5) is 0 Å². The van der Waals surface area contributed by atoms with Crippen LogP contribution in [-0.2, 0) is 0 Å². The molecule has 1 amide bonds. The Bertz CT molecular complexity index is 668. The van der Waals surface area contributed by atoms with Crippen molar-refractivity contribution in [3.63, 3.8) is 0 Å². The van der Waals surface area contributed by atoms with Gasteiger partial charge in [0.25, 0.3) is 5.91 Å². The molecule has 2 heterocycles. The number of carbonyl (C=O) groups is 1. The number of para-hydroxylation sites is 2. The molecule has 0 aliphatic heterocycles. The zero-order valence-electron chi connectivity index (χ0n) is 10.3. The molecule has 6 nitrogen and oxygen atoms in total. The fourth-order valence-electron chi connectivity index (χ4n) is 1.90. The van der Waals surface area contributed by atoms with Gasteiger partial charge in [0.2, 0.25) is 0 Å². The third-order valence-corrected chi connectivity index (χ3v) is 2.91. The van der Waals surface area contributed by atoms with Gasteiger partial charge in [0, 0.05) is 0 Å². The Balaban J connectivity index is 1.80. The molecule has 3 rings (SSSR count). The lowest BCUT2D eigenvalue weighted by molar-refractivity contribution is 0.0934. The predicted octanol–water partition coefficient (Wildman–Crippen LogP) is 1.78. The lowest BCUT2D eigenvalue weighted by atomic mass is 10.3. The number of aromatic amines is 2. The number of fused-ring (bicyclic) bond motifs is 1. The first-order chi connectivity index (χ1) is 9.24. The fourth-order valence-corrected chi connectivity index (χ4v) is 1.90. The number of hydrogen-bond acceptors (Lipinski definition) is 3. The van der Waals surface area contributed by atoms with Gasteiger partial charge in [0.1, 0.15) is 11.5 Å². The van der Waals surface area contributed by atoms with Crippen LogP contribution < -0.4 is 5.32 Å². The molecule has 0 radical (unpaired) electrons. The van der Waals surface area contributed by atoms with Gasteiger partial charge in [-0.15, -0.1) is 0 Å². The number of nitrogens with zero attached hydrogens (tertiary/aromatic N) is 2. The zero-order valence-corrected chi connectivity index (χ0v) is 10.3. The van der Waals surface area contributed by atoms with Crippen molar-refractivity contribution >= 4 is 16.9 Å². The summed E-state index contributed by atoms with van der Waals surface area (Å²) in [5, 5.41) is 2.86. The van der Waals surface area contributed by atoms with Gasteiger partial charge in [0.05, 0.1) is 29.6 Å². The monoisotopic (exact) mass is 255 g/mol. The minimum atomic E-state index is -0.205. The summed E-state index contributed by atoms with van der Waals surface area (Å²) in [6.45, 7) is 1.88. The summed E-state index contributed by atoms with van der Waals surface area (Å²) in [4.78, 5) is 26.1. The van der Waals surface area contributed by atoms with E-state index < -0.39 is 0 Å². The summed E-state index contributed by atoms with van der Waals surface area (Å²) >= 11 is 0. The normalized spacial score (nSPS) is 12.5. The van der Waals surface area contributed by atoms with Gasteiger partial charge in [-0.25, -0.2) is 9.97 Å². The van der Waals surface area contributed by atoms with Crippen LogP contribution >= 0.6 is 0 Å². The van der Waals surface area contributed by atoms with Crippen LogP contribution in [0.3, 0.4) is 0 Å². The number of hydrogen-bond donors (Lipinski definition) is 3. The maximum Gasteiger partial charge on any atom is 0.269 e. The molecule has 0 bridgehead atoms. The second kappa shape index (κ2) is 4.56. The Morgan fingerprint density at radius 2 is 2.21 bits per heavy atom. The van der Waals surface area contributed by atoms with Crippen LogP contribution in [0.1, 0.15) is 29.3 Å². The van der Waals surface area contributed by atoms with E-state index in [2.05, 4.69) is 25.3 Å². The minimum Gasteiger partial charge on any atom is -0.341 e. The molecule has 1 atom stereocenters. The van der Waals surface area contributed by atoms with Gasteiger partial charge >= 0.3 is 0 Å². The van der Waals surface area contributed by atoms with Crippen molar-refractivity contribution in [3.8, 4) is 0 Å². The van der Waals surface area contributed by atoms with E-state index in [-0.39, 0.29) is 11.9 Å². The number of benzene rings is 1. The molecule has 1 unspecified atom stereocenters. The predicted molar refractivity (Wildman–Crippen MR) is 70.6 cm³/mol. The fraction of sp³-hybridized carbons (Fsp3) is 0.154. The second-order valence-electron chi connectivity index (χ2n) is 4.30. The molecule has 0 saturated carbocycles. The van der Waals surface area contributed by atoms with Crippen molar-refractivity contribution in [3.05, 3.63) is 48.3 Å². The van der Waals surface area contributed by atoms with Crippen LogP contribution in [-0.4, -0.2) is 25.8 Å². The van der Waals surface area contributed by atoms with Crippen molar-refractivity contribution in [1.82, 2.24) is 25.3 Å². The number of H-pyrrole nitrogens is 2. The third-order valence-electron chi connectivity index (χ3n) is 2.91. The van der Waals surface area contributed by atoms with Gasteiger partial charge in [-0.1, -0.05) is 12.1 Å². The first kappa shape index (κ1) is 11.5. The van der Waals surface area contributed by atoms with Crippen molar-refractivity contribution in [1.29, 1.82) is 0 Å². The molecular formula is C13H13N5O. The van der Waals surface area contributed by atoms with Gasteiger partial charge in [0.15, 0.2) is 0 Å². The van der Waals surface area contributed by atoms with Crippen molar-refractivity contribution < 1.29 is 4.79 Å². The SMILES string of the molecule is CC(NC(=O)c1cnc[nH]1)c1nc2ccccc2[nH]1. The average molecular weight is 255 g/mol. The molecule has 1 aromatic carbocycles. The molecule has 6 heteroatoms. The second-order valence-corrected chi connectivity index (χ2v) is 4.30. The summed E-state index contributed by atoms with van der Waals surface area (Å²) in [6, 6.07) is 7.55. The first-order valence-corrected chi connectivity index (χ1v) is 5.98. The standard InChI is InChI=1S/C13H13N5O/c1-8(16-13(19)11-6-14-7-15-11)12-17-9-4-2-3-5-10(9)18-12/h2-8H,1H3,(H,14,15)(H,16,19)(H,17,18). The lowest BCUT2D eigenvalue weighted by Crippen LogP contribution is -2.27. The number of carbonyl (C=O) groups excluding carboxylic acids is 1. The van der Waals surface area contributed by atoms with Gasteiger partial charge < -0.3 is 15.3 Å². The summed E-state index contributed by atoms with van der Waals surface area (Å²) in [7, 11) is 0. The van der Waals surface area contributed by atoms with E-state index in [1.165, 1.54) is 12.5 Å². The van der Waals surface area contributed by atoms with E-state index in [1.807, 2.05) is 31.2 Å². The lowest BCUT2D eigenvalue weighted by Gasteiger charge is -2.09. The minimum absolute atomic E-state index is 0.203. The smallest absolute Gasteiger partial charge is 0.269 e. The summed E-state index contributed by atoms with van der Waals surface area (Å²) in [5.74, 6) is 0.527. The first-order valence-electron chi connectivity index (χ1n) is 5.98. The van der Waals surface area contributed by atoms with E-state index in [1.54, 1.807) is 0 Å². The molecular weight excluding hydrogens is 242 g/mol. The Morgan fingerprint density at radius 1 is 1.37 bits per heavy atom. The Labute approximate surface area is 109 Å². The maximum atomic E-state index is 11.9. The number of amides is 1. The molecule has 2 aromatic heterocycles. The van der Waals surface area contributed by atoms with Crippen LogP contribution in [0.25, 0.3) is 11.0 Å². The molecule has 3 N–H and O–H groups in total. The average Bonchev–Trinajstić information content (AvgIpc) is 3.07. The van der Waals surface area contributed by atoms with Gasteiger partial charge in [-0.2, -0.15) is 0 Å². The molecule has 96 valence electrons. The summed E-state index contributed by atoms with van der Waals surface area (Å²) < 4.78 is 0. The molecule has 0 aliphatic carbocycles. The molecule has 19 heavy (non-hydrogen) atoms. The quantitative estimate of drug-likeness (QED) is 0.666. The van der Waals surface area contributed by atoms with E-state index in [0.29, 0.717) is 5.69 Å². The zero-order chi connectivity index (χ0) is 13.2. The molecule has 0 aliphatic rings. The summed E-state index contributed by atoms with van der Waals surface area (Å²) in [6.07, 6.45) is 2.96. The third kappa shape index (κ3) is 2.20. The highest BCUT2D eigenvalue weighted by atomic mass is 16.2. The van der Waals surface area contributed by atoms with Gasteiger partial charge in [-0.05, 0) is 19.1 Å². The van der Waals surface area contributed by atoms with E-state index >= 15 is 0 Å². The van der Waals surface area contributed by atoms with Crippen molar-refractivity contribution in [2.24, 2.45) is 0 Å². The number of aromatic nitrogens is 4. The highest BCUT2D eigenvalue weighted by Gasteiger charge is 2.15. The van der Waals surface area contributed by atoms with Crippen LogP contribution in [0.2, 0.25) is 0 Å². The van der Waals surface area contributed by atoms with Crippen LogP contribution in [0, 0.1) is 0 Å². The van der Waals surface area contributed by atoms with E-state index in [4.69, 9.17) is 0 Å². The Hall–Kier alpha value is -2.63. The van der Waals surface area contributed by atoms with E-state index in [9.17, 15) is 4.79 Å². The molecule has 0 fully saturated rings.